The minimum Gasteiger partial charge on any atom is -0.497 e. The van der Waals surface area contributed by atoms with Crippen LogP contribution in [0.15, 0.2) is 45.6 Å². The lowest BCUT2D eigenvalue weighted by Crippen LogP contribution is -2.06. The number of aldehydes is 1. The fourth-order valence-electron chi connectivity index (χ4n) is 2.72. The van der Waals surface area contributed by atoms with E-state index < -0.39 is 0 Å². The van der Waals surface area contributed by atoms with Crippen LogP contribution in [-0.4, -0.2) is 25.6 Å². The third-order valence-corrected chi connectivity index (χ3v) is 3.95. The first kappa shape index (κ1) is 16.7. The number of hydrogen-bond donors (Lipinski definition) is 1. The quantitative estimate of drug-likeness (QED) is 0.719. The Labute approximate surface area is 143 Å². The molecule has 3 aromatic rings. The van der Waals surface area contributed by atoms with Gasteiger partial charge in [-0.05, 0) is 30.3 Å². The first-order valence-corrected chi connectivity index (χ1v) is 7.51. The van der Waals surface area contributed by atoms with E-state index in [1.54, 1.807) is 31.4 Å². The van der Waals surface area contributed by atoms with Gasteiger partial charge >= 0.3 is 0 Å². The first-order valence-electron chi connectivity index (χ1n) is 7.51. The average molecular weight is 340 g/mol. The van der Waals surface area contributed by atoms with E-state index in [4.69, 9.17) is 13.9 Å². The second-order valence-electron chi connectivity index (χ2n) is 5.34. The number of carbonyl (C=O) groups excluding carboxylic acids is 1. The number of fused-ring (bicyclic) bond motifs is 1. The molecule has 0 atom stereocenters. The van der Waals surface area contributed by atoms with Gasteiger partial charge < -0.3 is 19.0 Å². The highest BCUT2D eigenvalue weighted by molar-refractivity contribution is 5.98. The second-order valence-corrected chi connectivity index (χ2v) is 5.34. The lowest BCUT2D eigenvalue weighted by molar-refractivity contribution is 0.112. The van der Waals surface area contributed by atoms with Crippen LogP contribution in [0.1, 0.15) is 15.9 Å². The molecule has 1 heterocycles. The Bertz CT molecular complexity index is 985. The molecular formula is C19H16O6. The standard InChI is InChI=1S/C19H16O6/c1-23-13-5-3-11(4-6-13)17-8-16(22)14-7-12(9-20)18(24-2)15(10-21)19(14)25-17/h3-8,10,20H,9H2,1-2H3. The van der Waals surface area contributed by atoms with Gasteiger partial charge in [0.05, 0.1) is 26.2 Å². The zero-order chi connectivity index (χ0) is 18.0. The van der Waals surface area contributed by atoms with Crippen LogP contribution in [0.3, 0.4) is 0 Å². The number of rotatable bonds is 5. The molecule has 0 fully saturated rings. The van der Waals surface area contributed by atoms with Gasteiger partial charge in [0, 0.05) is 17.2 Å². The number of aliphatic hydroxyl groups excluding tert-OH is 1. The van der Waals surface area contributed by atoms with Crippen molar-refractivity contribution in [2.24, 2.45) is 0 Å². The Morgan fingerprint density at radius 2 is 1.84 bits per heavy atom. The Kier molecular flexibility index (Phi) is 4.54. The summed E-state index contributed by atoms with van der Waals surface area (Å²) in [6.45, 7) is -0.361. The molecule has 25 heavy (non-hydrogen) atoms. The van der Waals surface area contributed by atoms with Crippen molar-refractivity contribution in [1.82, 2.24) is 0 Å². The minimum atomic E-state index is -0.361. The monoisotopic (exact) mass is 340 g/mol. The van der Waals surface area contributed by atoms with Crippen molar-refractivity contribution in [2.45, 2.75) is 6.61 Å². The fourth-order valence-corrected chi connectivity index (χ4v) is 2.72. The highest BCUT2D eigenvalue weighted by atomic mass is 16.5. The highest BCUT2D eigenvalue weighted by Gasteiger charge is 2.18. The molecule has 0 spiro atoms. The van der Waals surface area contributed by atoms with Crippen LogP contribution in [0.2, 0.25) is 0 Å². The molecule has 2 aromatic carbocycles. The van der Waals surface area contributed by atoms with Gasteiger partial charge in [-0.15, -0.1) is 0 Å². The van der Waals surface area contributed by atoms with Crippen LogP contribution < -0.4 is 14.9 Å². The van der Waals surface area contributed by atoms with Gasteiger partial charge in [0.15, 0.2) is 17.3 Å². The van der Waals surface area contributed by atoms with Gasteiger partial charge in [0.2, 0.25) is 0 Å². The number of methoxy groups -OCH3 is 2. The van der Waals surface area contributed by atoms with Gasteiger partial charge in [-0.2, -0.15) is 0 Å². The van der Waals surface area contributed by atoms with Crippen molar-refractivity contribution in [2.75, 3.05) is 14.2 Å². The van der Waals surface area contributed by atoms with E-state index in [0.29, 0.717) is 28.9 Å². The molecule has 6 heteroatoms. The van der Waals surface area contributed by atoms with E-state index in [-0.39, 0.29) is 34.3 Å². The van der Waals surface area contributed by atoms with E-state index in [1.165, 1.54) is 19.2 Å². The van der Waals surface area contributed by atoms with E-state index in [9.17, 15) is 14.7 Å². The van der Waals surface area contributed by atoms with E-state index in [2.05, 4.69) is 0 Å². The van der Waals surface area contributed by atoms with Crippen molar-refractivity contribution in [1.29, 1.82) is 0 Å². The summed E-state index contributed by atoms with van der Waals surface area (Å²) in [5.74, 6) is 1.19. The third kappa shape index (κ3) is 2.88. The molecule has 0 saturated carbocycles. The summed E-state index contributed by atoms with van der Waals surface area (Å²) in [7, 11) is 2.95. The van der Waals surface area contributed by atoms with E-state index >= 15 is 0 Å². The van der Waals surface area contributed by atoms with E-state index in [0.717, 1.165) is 0 Å². The largest absolute Gasteiger partial charge is 0.497 e. The summed E-state index contributed by atoms with van der Waals surface area (Å²) in [4.78, 5) is 24.1. The molecule has 1 N–H and O–H groups in total. The van der Waals surface area contributed by atoms with Crippen LogP contribution >= 0.6 is 0 Å². The predicted molar refractivity (Wildman–Crippen MR) is 92.3 cm³/mol. The maximum absolute atomic E-state index is 12.5. The number of carbonyl (C=O) groups is 1. The van der Waals surface area contributed by atoms with Crippen molar-refractivity contribution in [3.63, 3.8) is 0 Å². The topological polar surface area (TPSA) is 86.0 Å². The Hall–Kier alpha value is -3.12. The van der Waals surface area contributed by atoms with Crippen LogP contribution in [0.25, 0.3) is 22.3 Å². The molecule has 0 aliphatic heterocycles. The van der Waals surface area contributed by atoms with Gasteiger partial charge in [-0.3, -0.25) is 9.59 Å². The summed E-state index contributed by atoms with van der Waals surface area (Å²) in [6, 6.07) is 9.83. The minimum absolute atomic E-state index is 0.0940. The molecule has 0 bridgehead atoms. The molecule has 6 nitrogen and oxygen atoms in total. The highest BCUT2D eigenvalue weighted by Crippen LogP contribution is 2.32. The van der Waals surface area contributed by atoms with Crippen molar-refractivity contribution < 1.29 is 23.8 Å². The maximum Gasteiger partial charge on any atom is 0.193 e. The summed E-state index contributed by atoms with van der Waals surface area (Å²) in [5, 5.41) is 9.67. The number of ether oxygens (including phenoxy) is 2. The van der Waals surface area contributed by atoms with Gasteiger partial charge in [-0.25, -0.2) is 0 Å². The van der Waals surface area contributed by atoms with Crippen LogP contribution in [-0.2, 0) is 6.61 Å². The van der Waals surface area contributed by atoms with Gasteiger partial charge in [0.1, 0.15) is 22.8 Å². The molecule has 128 valence electrons. The van der Waals surface area contributed by atoms with Crippen LogP contribution in [0.4, 0.5) is 0 Å². The summed E-state index contributed by atoms with van der Waals surface area (Å²) >= 11 is 0. The molecule has 0 amide bonds. The van der Waals surface area contributed by atoms with Crippen molar-refractivity contribution >= 4 is 17.3 Å². The molecular weight excluding hydrogens is 324 g/mol. The number of aliphatic hydroxyl groups is 1. The number of benzene rings is 2. The molecule has 0 aliphatic rings. The zero-order valence-electron chi connectivity index (χ0n) is 13.7. The molecule has 0 aliphatic carbocycles. The smallest absolute Gasteiger partial charge is 0.193 e. The first-order chi connectivity index (χ1) is 12.1. The molecule has 0 radical (unpaired) electrons. The van der Waals surface area contributed by atoms with Gasteiger partial charge in [-0.1, -0.05) is 0 Å². The summed E-state index contributed by atoms with van der Waals surface area (Å²) < 4.78 is 16.2. The third-order valence-electron chi connectivity index (χ3n) is 3.95. The summed E-state index contributed by atoms with van der Waals surface area (Å²) in [5.41, 5.74) is 0.926. The van der Waals surface area contributed by atoms with E-state index in [1.807, 2.05) is 0 Å². The van der Waals surface area contributed by atoms with Gasteiger partial charge in [0.25, 0.3) is 0 Å². The SMILES string of the molecule is COc1ccc(-c2cc(=O)c3cc(CO)c(OC)c(C=O)c3o2)cc1. The Balaban J connectivity index is 2.30. The number of hydrogen-bond acceptors (Lipinski definition) is 6. The normalized spacial score (nSPS) is 10.7. The second kappa shape index (κ2) is 6.78. The van der Waals surface area contributed by atoms with Crippen LogP contribution in [0.5, 0.6) is 11.5 Å². The lowest BCUT2D eigenvalue weighted by Gasteiger charge is -2.12. The molecule has 0 saturated heterocycles. The summed E-state index contributed by atoms with van der Waals surface area (Å²) in [6.07, 6.45) is 0.557. The molecule has 0 unspecified atom stereocenters. The maximum atomic E-state index is 12.5. The van der Waals surface area contributed by atoms with Crippen molar-refractivity contribution in [3.8, 4) is 22.8 Å². The van der Waals surface area contributed by atoms with Crippen molar-refractivity contribution in [3.05, 3.63) is 57.7 Å². The molecule has 1 aromatic heterocycles. The molecule has 3 rings (SSSR count). The lowest BCUT2D eigenvalue weighted by atomic mass is 10.0. The Morgan fingerprint density at radius 3 is 2.40 bits per heavy atom. The van der Waals surface area contributed by atoms with Crippen LogP contribution in [0, 0.1) is 0 Å². The predicted octanol–water partition coefficient (Wildman–Crippen LogP) is 2.78. The Morgan fingerprint density at radius 1 is 1.12 bits per heavy atom. The fraction of sp³-hybridized carbons (Fsp3) is 0.158. The average Bonchev–Trinajstić information content (AvgIpc) is 2.66. The zero-order valence-corrected chi connectivity index (χ0v) is 13.7.